The zero-order valence-corrected chi connectivity index (χ0v) is 6.78. The monoisotopic (exact) mass is 152 g/mol. The van der Waals surface area contributed by atoms with Crippen LogP contribution in [0.15, 0.2) is 12.5 Å². The quantitative estimate of drug-likeness (QED) is 0.653. The summed E-state index contributed by atoms with van der Waals surface area (Å²) in [6.07, 6.45) is 3.08. The fourth-order valence-electron chi connectivity index (χ4n) is 0.693. The molecule has 0 aromatic carbocycles. The molecular weight excluding hydrogens is 140 g/mol. The van der Waals surface area contributed by atoms with Gasteiger partial charge in [-0.15, -0.1) is 5.10 Å². The third-order valence-electron chi connectivity index (χ3n) is 1.70. The Morgan fingerprint density at radius 1 is 1.45 bits per heavy atom. The summed E-state index contributed by atoms with van der Waals surface area (Å²) in [5.74, 6) is 0. The van der Waals surface area contributed by atoms with Crippen molar-refractivity contribution in [2.45, 2.75) is 19.3 Å². The predicted molar refractivity (Wildman–Crippen MR) is 41.9 cm³/mol. The lowest BCUT2D eigenvalue weighted by Crippen LogP contribution is -2.29. The fourth-order valence-corrected chi connectivity index (χ4v) is 0.693. The maximum Gasteiger partial charge on any atom is 0.138 e. The number of nitrogens with zero attached hydrogens (tertiary/aromatic N) is 3. The third-order valence-corrected chi connectivity index (χ3v) is 1.70. The van der Waals surface area contributed by atoms with Gasteiger partial charge in [0.1, 0.15) is 6.33 Å². The van der Waals surface area contributed by atoms with Gasteiger partial charge in [-0.3, -0.25) is 0 Å². The van der Waals surface area contributed by atoms with E-state index in [2.05, 4.69) is 15.2 Å². The van der Waals surface area contributed by atoms with Gasteiger partial charge in [0, 0.05) is 12.0 Å². The molecule has 0 aliphatic carbocycles. The molecule has 4 heteroatoms. The van der Waals surface area contributed by atoms with Gasteiger partial charge in [-0.05, 0) is 0 Å². The van der Waals surface area contributed by atoms with Crippen LogP contribution in [-0.2, 0) is 5.41 Å². The highest BCUT2D eigenvalue weighted by Gasteiger charge is 2.19. The number of hydrogen-bond donors (Lipinski definition) is 1. The predicted octanol–water partition coefficient (Wildman–Crippen LogP) is 0.108. The SMILES string of the molecule is CC(C)(CN)c1cnncn1. The Balaban J connectivity index is 2.93. The molecule has 0 amide bonds. The van der Waals surface area contributed by atoms with Gasteiger partial charge in [0.2, 0.25) is 0 Å². The van der Waals surface area contributed by atoms with Crippen LogP contribution in [0.5, 0.6) is 0 Å². The van der Waals surface area contributed by atoms with Gasteiger partial charge in [-0.1, -0.05) is 13.8 Å². The van der Waals surface area contributed by atoms with Crippen LogP contribution < -0.4 is 5.73 Å². The molecule has 0 atom stereocenters. The Morgan fingerprint density at radius 3 is 2.64 bits per heavy atom. The molecule has 0 fully saturated rings. The van der Waals surface area contributed by atoms with Gasteiger partial charge in [0.15, 0.2) is 0 Å². The van der Waals surface area contributed by atoms with Crippen molar-refractivity contribution in [1.29, 1.82) is 0 Å². The molecule has 4 nitrogen and oxygen atoms in total. The first kappa shape index (κ1) is 8.07. The van der Waals surface area contributed by atoms with E-state index in [0.29, 0.717) is 6.54 Å². The van der Waals surface area contributed by atoms with Gasteiger partial charge in [0.25, 0.3) is 0 Å². The Labute approximate surface area is 65.9 Å². The number of rotatable bonds is 2. The summed E-state index contributed by atoms with van der Waals surface area (Å²) in [4.78, 5) is 4.07. The molecular formula is C7H12N4. The van der Waals surface area contributed by atoms with E-state index < -0.39 is 0 Å². The third kappa shape index (κ3) is 1.71. The van der Waals surface area contributed by atoms with E-state index in [1.165, 1.54) is 6.33 Å². The molecule has 0 bridgehead atoms. The molecule has 0 radical (unpaired) electrons. The highest BCUT2D eigenvalue weighted by molar-refractivity contribution is 5.08. The van der Waals surface area contributed by atoms with Crippen LogP contribution >= 0.6 is 0 Å². The summed E-state index contributed by atoms with van der Waals surface area (Å²) >= 11 is 0. The van der Waals surface area contributed by atoms with Crippen molar-refractivity contribution >= 4 is 0 Å². The summed E-state index contributed by atoms with van der Waals surface area (Å²) in [6, 6.07) is 0. The van der Waals surface area contributed by atoms with E-state index in [1.54, 1.807) is 6.20 Å². The molecule has 0 spiro atoms. The molecule has 0 saturated heterocycles. The van der Waals surface area contributed by atoms with Crippen molar-refractivity contribution < 1.29 is 0 Å². The van der Waals surface area contributed by atoms with Gasteiger partial charge < -0.3 is 5.73 Å². The Hall–Kier alpha value is -1.03. The summed E-state index contributed by atoms with van der Waals surface area (Å²) in [6.45, 7) is 4.61. The Bertz CT molecular complexity index is 219. The molecule has 0 unspecified atom stereocenters. The first-order valence-electron chi connectivity index (χ1n) is 3.50. The minimum Gasteiger partial charge on any atom is -0.330 e. The lowest BCUT2D eigenvalue weighted by molar-refractivity contribution is 0.515. The summed E-state index contributed by atoms with van der Waals surface area (Å²) in [5.41, 5.74) is 6.33. The zero-order valence-electron chi connectivity index (χ0n) is 6.78. The minimum atomic E-state index is -0.101. The number of hydrogen-bond acceptors (Lipinski definition) is 4. The van der Waals surface area contributed by atoms with Crippen LogP contribution in [0.1, 0.15) is 19.5 Å². The van der Waals surface area contributed by atoms with Crippen molar-refractivity contribution in [3.8, 4) is 0 Å². The van der Waals surface area contributed by atoms with Crippen LogP contribution in [0, 0.1) is 0 Å². The van der Waals surface area contributed by atoms with Gasteiger partial charge in [0.05, 0.1) is 11.9 Å². The second-order valence-electron chi connectivity index (χ2n) is 3.08. The lowest BCUT2D eigenvalue weighted by atomic mass is 9.90. The normalized spacial score (nSPS) is 11.5. The van der Waals surface area contributed by atoms with E-state index in [4.69, 9.17) is 5.73 Å². The number of nitrogens with two attached hydrogens (primary N) is 1. The summed E-state index contributed by atoms with van der Waals surface area (Å²) in [5, 5.41) is 7.32. The largest absolute Gasteiger partial charge is 0.330 e. The first-order valence-corrected chi connectivity index (χ1v) is 3.50. The van der Waals surface area contributed by atoms with E-state index in [0.717, 1.165) is 5.69 Å². The maximum absolute atomic E-state index is 5.55. The molecule has 2 N–H and O–H groups in total. The molecule has 1 aromatic heterocycles. The first-order chi connectivity index (χ1) is 5.17. The molecule has 0 aliphatic heterocycles. The Morgan fingerprint density at radius 2 is 2.18 bits per heavy atom. The van der Waals surface area contributed by atoms with Crippen molar-refractivity contribution in [1.82, 2.24) is 15.2 Å². The maximum atomic E-state index is 5.55. The van der Waals surface area contributed by atoms with Crippen LogP contribution in [0.25, 0.3) is 0 Å². The molecule has 1 aromatic rings. The van der Waals surface area contributed by atoms with E-state index in [1.807, 2.05) is 13.8 Å². The van der Waals surface area contributed by atoms with Crippen molar-refractivity contribution in [2.24, 2.45) is 5.73 Å². The highest BCUT2D eigenvalue weighted by atomic mass is 15.1. The van der Waals surface area contributed by atoms with Gasteiger partial charge in [-0.25, -0.2) is 4.98 Å². The van der Waals surface area contributed by atoms with Crippen LogP contribution in [0.3, 0.4) is 0 Å². The zero-order chi connectivity index (χ0) is 8.32. The second kappa shape index (κ2) is 2.92. The van der Waals surface area contributed by atoms with Gasteiger partial charge in [-0.2, -0.15) is 5.10 Å². The molecule has 0 saturated carbocycles. The molecule has 1 heterocycles. The molecule has 11 heavy (non-hydrogen) atoms. The standard InChI is InChI=1S/C7H12N4/c1-7(2,4-8)6-3-10-11-5-9-6/h3,5H,4,8H2,1-2H3. The fraction of sp³-hybridized carbons (Fsp3) is 0.571. The van der Waals surface area contributed by atoms with E-state index >= 15 is 0 Å². The average Bonchev–Trinajstić information content (AvgIpc) is 2.06. The summed E-state index contributed by atoms with van der Waals surface area (Å²) in [7, 11) is 0. The van der Waals surface area contributed by atoms with E-state index in [9.17, 15) is 0 Å². The topological polar surface area (TPSA) is 64.7 Å². The molecule has 60 valence electrons. The van der Waals surface area contributed by atoms with Crippen molar-refractivity contribution in [2.75, 3.05) is 6.54 Å². The number of aromatic nitrogens is 3. The smallest absolute Gasteiger partial charge is 0.138 e. The Kier molecular flexibility index (Phi) is 2.14. The second-order valence-corrected chi connectivity index (χ2v) is 3.08. The molecule has 1 rings (SSSR count). The van der Waals surface area contributed by atoms with E-state index in [-0.39, 0.29) is 5.41 Å². The average molecular weight is 152 g/mol. The van der Waals surface area contributed by atoms with Crippen molar-refractivity contribution in [3.05, 3.63) is 18.2 Å². The van der Waals surface area contributed by atoms with Gasteiger partial charge >= 0.3 is 0 Å². The van der Waals surface area contributed by atoms with Crippen LogP contribution in [0.2, 0.25) is 0 Å². The lowest BCUT2D eigenvalue weighted by Gasteiger charge is -2.19. The minimum absolute atomic E-state index is 0.101. The van der Waals surface area contributed by atoms with Crippen molar-refractivity contribution in [3.63, 3.8) is 0 Å². The van der Waals surface area contributed by atoms with Crippen LogP contribution in [0.4, 0.5) is 0 Å². The summed E-state index contributed by atoms with van der Waals surface area (Å²) < 4.78 is 0. The molecule has 0 aliphatic rings. The highest BCUT2D eigenvalue weighted by Crippen LogP contribution is 2.16. The van der Waals surface area contributed by atoms with Crippen LogP contribution in [-0.4, -0.2) is 21.7 Å².